The zero-order valence-corrected chi connectivity index (χ0v) is 16.2. The van der Waals surface area contributed by atoms with Gasteiger partial charge >= 0.3 is 6.18 Å². The highest BCUT2D eigenvalue weighted by Gasteiger charge is 2.30. The maximum Gasteiger partial charge on any atom is 0.416 e. The lowest BCUT2D eigenvalue weighted by Gasteiger charge is -2.13. The summed E-state index contributed by atoms with van der Waals surface area (Å²) in [4.78, 5) is 15.6. The first-order valence-electron chi connectivity index (χ1n) is 9.00. The second-order valence-electron chi connectivity index (χ2n) is 6.29. The van der Waals surface area contributed by atoms with Gasteiger partial charge in [-0.3, -0.25) is 15.2 Å². The molecule has 31 heavy (non-hydrogen) atoms. The van der Waals surface area contributed by atoms with Crippen molar-refractivity contribution in [3.63, 3.8) is 0 Å². The molecule has 10 heteroatoms. The molecule has 1 amide bonds. The van der Waals surface area contributed by atoms with E-state index in [1.165, 1.54) is 31.4 Å². The Morgan fingerprint density at radius 1 is 0.968 bits per heavy atom. The lowest BCUT2D eigenvalue weighted by atomic mass is 10.2. The third-order valence-electron chi connectivity index (χ3n) is 4.01. The Kier molecular flexibility index (Phi) is 6.39. The monoisotopic (exact) mass is 429 g/mol. The van der Waals surface area contributed by atoms with Crippen molar-refractivity contribution in [3.05, 3.63) is 78.1 Å². The van der Waals surface area contributed by atoms with Crippen LogP contribution in [-0.2, 0) is 6.18 Å². The second-order valence-corrected chi connectivity index (χ2v) is 6.29. The van der Waals surface area contributed by atoms with Gasteiger partial charge < -0.3 is 20.7 Å². The SMILES string of the molecule is CNC(=O)c1cc(Oc2ccc(NC(=N)Nc3cccc(C(F)(F)F)c3)cc2)ccn1. The van der Waals surface area contributed by atoms with E-state index >= 15 is 0 Å². The summed E-state index contributed by atoms with van der Waals surface area (Å²) in [5.41, 5.74) is 0.0735. The molecule has 1 aromatic heterocycles. The maximum atomic E-state index is 12.8. The summed E-state index contributed by atoms with van der Waals surface area (Å²) in [5.74, 6) is 0.374. The predicted molar refractivity (Wildman–Crippen MR) is 111 cm³/mol. The minimum Gasteiger partial charge on any atom is -0.457 e. The lowest BCUT2D eigenvalue weighted by Crippen LogP contribution is -2.20. The standard InChI is InChI=1S/C21H18F3N5O2/c1-26-19(30)18-12-17(9-10-27-18)31-16-7-5-14(6-8-16)28-20(25)29-15-4-2-3-13(11-15)21(22,23)24/h2-12H,1H3,(H,26,30)(H3,25,28,29). The third-order valence-corrected chi connectivity index (χ3v) is 4.01. The quantitative estimate of drug-likeness (QED) is 0.348. The van der Waals surface area contributed by atoms with Crippen molar-refractivity contribution in [1.29, 1.82) is 5.41 Å². The molecular weight excluding hydrogens is 411 g/mol. The zero-order valence-electron chi connectivity index (χ0n) is 16.2. The molecular formula is C21H18F3N5O2. The smallest absolute Gasteiger partial charge is 0.416 e. The van der Waals surface area contributed by atoms with E-state index in [9.17, 15) is 18.0 Å². The molecule has 3 rings (SSSR count). The molecule has 0 saturated carbocycles. The van der Waals surface area contributed by atoms with E-state index in [0.29, 0.717) is 17.2 Å². The van der Waals surface area contributed by atoms with E-state index in [4.69, 9.17) is 10.1 Å². The van der Waals surface area contributed by atoms with Gasteiger partial charge in [0.2, 0.25) is 0 Å². The van der Waals surface area contributed by atoms with E-state index in [1.807, 2.05) is 0 Å². The summed E-state index contributed by atoms with van der Waals surface area (Å²) in [5, 5.41) is 15.7. The number of hydrogen-bond acceptors (Lipinski definition) is 4. The van der Waals surface area contributed by atoms with Crippen LogP contribution in [-0.4, -0.2) is 23.9 Å². The molecule has 0 fully saturated rings. The first-order valence-corrected chi connectivity index (χ1v) is 9.00. The zero-order chi connectivity index (χ0) is 22.4. The minimum atomic E-state index is -4.46. The van der Waals surface area contributed by atoms with Crippen LogP contribution in [0.3, 0.4) is 0 Å². The number of anilines is 2. The summed E-state index contributed by atoms with van der Waals surface area (Å²) in [6.07, 6.45) is -3.00. The molecule has 0 atom stereocenters. The van der Waals surface area contributed by atoms with Crippen LogP contribution in [0.1, 0.15) is 16.1 Å². The third kappa shape index (κ3) is 5.95. The Morgan fingerprint density at radius 3 is 2.35 bits per heavy atom. The number of nitrogens with one attached hydrogen (secondary N) is 4. The molecule has 1 heterocycles. The average molecular weight is 429 g/mol. The molecule has 0 aliphatic heterocycles. The van der Waals surface area contributed by atoms with Gasteiger partial charge in [0.05, 0.1) is 5.56 Å². The summed E-state index contributed by atoms with van der Waals surface area (Å²) in [6, 6.07) is 14.2. The molecule has 160 valence electrons. The Labute approximate surface area is 175 Å². The van der Waals surface area contributed by atoms with Crippen molar-refractivity contribution in [2.45, 2.75) is 6.18 Å². The van der Waals surface area contributed by atoms with Gasteiger partial charge in [0.15, 0.2) is 5.96 Å². The van der Waals surface area contributed by atoms with E-state index in [1.54, 1.807) is 30.3 Å². The van der Waals surface area contributed by atoms with Crippen molar-refractivity contribution in [3.8, 4) is 11.5 Å². The number of carbonyl (C=O) groups excluding carboxylic acids is 1. The number of pyridine rings is 1. The van der Waals surface area contributed by atoms with Crippen LogP contribution < -0.4 is 20.7 Å². The molecule has 2 aromatic carbocycles. The molecule has 0 aliphatic carbocycles. The molecule has 0 aliphatic rings. The number of alkyl halides is 3. The molecule has 0 spiro atoms. The summed E-state index contributed by atoms with van der Waals surface area (Å²) in [7, 11) is 1.50. The van der Waals surface area contributed by atoms with E-state index < -0.39 is 11.7 Å². The van der Waals surface area contributed by atoms with E-state index in [2.05, 4.69) is 20.9 Å². The van der Waals surface area contributed by atoms with Crippen molar-refractivity contribution >= 4 is 23.2 Å². The second kappa shape index (κ2) is 9.16. The van der Waals surface area contributed by atoms with E-state index in [0.717, 1.165) is 12.1 Å². The molecule has 0 radical (unpaired) electrons. The van der Waals surface area contributed by atoms with Crippen LogP contribution in [0, 0.1) is 5.41 Å². The first kappa shape index (κ1) is 21.6. The van der Waals surface area contributed by atoms with Crippen molar-refractivity contribution in [2.75, 3.05) is 17.7 Å². The highest BCUT2D eigenvalue weighted by molar-refractivity contribution is 6.01. The Balaban J connectivity index is 1.61. The van der Waals surface area contributed by atoms with Crippen LogP contribution in [0.5, 0.6) is 11.5 Å². The van der Waals surface area contributed by atoms with Crippen LogP contribution in [0.25, 0.3) is 0 Å². The number of ether oxygens (including phenoxy) is 1. The molecule has 0 saturated heterocycles. The largest absolute Gasteiger partial charge is 0.457 e. The average Bonchev–Trinajstić information content (AvgIpc) is 2.74. The number of hydrogen-bond donors (Lipinski definition) is 4. The number of nitrogens with zero attached hydrogens (tertiary/aromatic N) is 1. The molecule has 4 N–H and O–H groups in total. The van der Waals surface area contributed by atoms with Gasteiger partial charge in [-0.1, -0.05) is 6.07 Å². The highest BCUT2D eigenvalue weighted by atomic mass is 19.4. The molecule has 0 bridgehead atoms. The van der Waals surface area contributed by atoms with Gasteiger partial charge in [-0.05, 0) is 48.5 Å². The molecule has 0 unspecified atom stereocenters. The summed E-state index contributed by atoms with van der Waals surface area (Å²) < 4.78 is 44.1. The number of halogens is 3. The minimum absolute atomic E-state index is 0.136. The highest BCUT2D eigenvalue weighted by Crippen LogP contribution is 2.30. The first-order chi connectivity index (χ1) is 14.7. The van der Waals surface area contributed by atoms with Crippen LogP contribution in [0.4, 0.5) is 24.5 Å². The van der Waals surface area contributed by atoms with Gasteiger partial charge in [-0.2, -0.15) is 13.2 Å². The number of aromatic nitrogens is 1. The van der Waals surface area contributed by atoms with Crippen molar-refractivity contribution in [1.82, 2.24) is 10.3 Å². The molecule has 3 aromatic rings. The Bertz CT molecular complexity index is 1080. The van der Waals surface area contributed by atoms with E-state index in [-0.39, 0.29) is 23.2 Å². The Morgan fingerprint density at radius 2 is 1.68 bits per heavy atom. The van der Waals surface area contributed by atoms with Gasteiger partial charge in [0.1, 0.15) is 17.2 Å². The van der Waals surface area contributed by atoms with Gasteiger partial charge in [0.25, 0.3) is 5.91 Å². The number of amides is 1. The number of benzene rings is 2. The lowest BCUT2D eigenvalue weighted by molar-refractivity contribution is -0.137. The summed E-state index contributed by atoms with van der Waals surface area (Å²) >= 11 is 0. The van der Waals surface area contributed by atoms with Gasteiger partial charge in [0, 0.05) is 30.7 Å². The van der Waals surface area contributed by atoms with Gasteiger partial charge in [-0.25, -0.2) is 0 Å². The van der Waals surface area contributed by atoms with Crippen LogP contribution >= 0.6 is 0 Å². The Hall–Kier alpha value is -4.08. The number of rotatable bonds is 5. The topological polar surface area (TPSA) is 99.1 Å². The fraction of sp³-hybridized carbons (Fsp3) is 0.0952. The van der Waals surface area contributed by atoms with Crippen LogP contribution in [0.15, 0.2) is 66.9 Å². The number of guanidine groups is 1. The molecule has 7 nitrogen and oxygen atoms in total. The normalized spacial score (nSPS) is 10.8. The number of carbonyl (C=O) groups is 1. The fourth-order valence-corrected chi connectivity index (χ4v) is 2.56. The van der Waals surface area contributed by atoms with Crippen molar-refractivity contribution < 1.29 is 22.7 Å². The van der Waals surface area contributed by atoms with Crippen LogP contribution in [0.2, 0.25) is 0 Å². The fourth-order valence-electron chi connectivity index (χ4n) is 2.56. The van der Waals surface area contributed by atoms with Gasteiger partial charge in [-0.15, -0.1) is 0 Å². The van der Waals surface area contributed by atoms with Crippen molar-refractivity contribution in [2.24, 2.45) is 0 Å². The predicted octanol–water partition coefficient (Wildman–Crippen LogP) is 4.71. The summed E-state index contributed by atoms with van der Waals surface area (Å²) in [6.45, 7) is 0. The maximum absolute atomic E-state index is 12.8.